The van der Waals surface area contributed by atoms with Crippen LogP contribution < -0.4 is 4.74 Å². The quantitative estimate of drug-likeness (QED) is 0.622. The van der Waals surface area contributed by atoms with Crippen LogP contribution in [0.25, 0.3) is 0 Å². The summed E-state index contributed by atoms with van der Waals surface area (Å²) in [6.45, 7) is 5.83. The van der Waals surface area contributed by atoms with E-state index in [-0.39, 0.29) is 4.90 Å². The Balaban J connectivity index is 1.51. The number of hydrogen-bond acceptors (Lipinski definition) is 7. The van der Waals surface area contributed by atoms with E-state index >= 15 is 0 Å². The number of hydrogen-bond donors (Lipinski definition) is 0. The van der Waals surface area contributed by atoms with Crippen LogP contribution in [0.4, 0.5) is 0 Å². The first kappa shape index (κ1) is 22.9. The molecule has 0 saturated carbocycles. The molecule has 8 heteroatoms. The molecular weight excluding hydrogens is 432 g/mol. The van der Waals surface area contributed by atoms with E-state index in [1.165, 1.54) is 6.08 Å². The third kappa shape index (κ3) is 5.05. The fraction of sp³-hybridized carbons (Fsp3) is 0.417. The van der Waals surface area contributed by atoms with Gasteiger partial charge in [0.2, 0.25) is 0 Å². The van der Waals surface area contributed by atoms with Crippen LogP contribution in [-0.4, -0.2) is 45.9 Å². The number of methoxy groups -OCH3 is 1. The minimum atomic E-state index is -3.62. The van der Waals surface area contributed by atoms with Crippen molar-refractivity contribution in [2.75, 3.05) is 7.11 Å². The molecule has 0 amide bonds. The molecule has 4 rings (SSSR count). The largest absolute Gasteiger partial charge is 0.497 e. The molecular formula is C24H28O7S. The van der Waals surface area contributed by atoms with Gasteiger partial charge in [0, 0.05) is 5.41 Å². The van der Waals surface area contributed by atoms with Crippen LogP contribution in [-0.2, 0) is 35.4 Å². The fourth-order valence-electron chi connectivity index (χ4n) is 3.75. The van der Waals surface area contributed by atoms with Gasteiger partial charge in [-0.2, -0.15) is 0 Å². The number of sulfone groups is 1. The van der Waals surface area contributed by atoms with E-state index in [1.807, 2.05) is 45.0 Å². The molecule has 0 aliphatic carbocycles. The van der Waals surface area contributed by atoms with E-state index in [0.717, 1.165) is 22.3 Å². The molecule has 0 unspecified atom stereocenters. The molecule has 2 saturated heterocycles. The van der Waals surface area contributed by atoms with Crippen LogP contribution in [0.1, 0.15) is 25.0 Å². The van der Waals surface area contributed by atoms with Gasteiger partial charge in [0.05, 0.1) is 18.6 Å². The molecule has 4 atom stereocenters. The van der Waals surface area contributed by atoms with Crippen LogP contribution in [0.15, 0.2) is 64.9 Å². The second kappa shape index (κ2) is 8.96. The van der Waals surface area contributed by atoms with Gasteiger partial charge >= 0.3 is 0 Å². The second-order valence-electron chi connectivity index (χ2n) is 8.38. The number of aryl methyl sites for hydroxylation is 1. The average molecular weight is 461 g/mol. The van der Waals surface area contributed by atoms with E-state index < -0.39 is 40.2 Å². The predicted molar refractivity (Wildman–Crippen MR) is 118 cm³/mol. The Labute approximate surface area is 188 Å². The SMILES string of the molecule is COc1ccc(CO[C@@H]2[C@H]3OC(C)(C)O[C@H]3O[C@@H]2/C=C/S(=O)(=O)c2ccc(C)cc2)cc1. The fourth-order valence-corrected chi connectivity index (χ4v) is 4.78. The van der Waals surface area contributed by atoms with Crippen LogP contribution in [0, 0.1) is 6.92 Å². The van der Waals surface area contributed by atoms with Crippen molar-refractivity contribution in [3.8, 4) is 5.75 Å². The van der Waals surface area contributed by atoms with Gasteiger partial charge in [-0.05, 0) is 56.7 Å². The van der Waals surface area contributed by atoms with Crippen molar-refractivity contribution in [2.24, 2.45) is 0 Å². The van der Waals surface area contributed by atoms with Gasteiger partial charge in [-0.1, -0.05) is 29.8 Å². The molecule has 0 aromatic heterocycles. The third-order valence-electron chi connectivity index (χ3n) is 5.43. The van der Waals surface area contributed by atoms with Crippen molar-refractivity contribution in [3.05, 3.63) is 71.1 Å². The Morgan fingerprint density at radius 1 is 1.03 bits per heavy atom. The van der Waals surface area contributed by atoms with Crippen LogP contribution in [0.2, 0.25) is 0 Å². The topological polar surface area (TPSA) is 80.3 Å². The first-order valence-electron chi connectivity index (χ1n) is 10.4. The van der Waals surface area contributed by atoms with Crippen molar-refractivity contribution < 1.29 is 32.1 Å². The van der Waals surface area contributed by atoms with Crippen molar-refractivity contribution in [1.82, 2.24) is 0 Å². The molecule has 2 fully saturated rings. The Morgan fingerprint density at radius 3 is 2.38 bits per heavy atom. The average Bonchev–Trinajstić information content (AvgIpc) is 3.22. The number of rotatable bonds is 7. The number of fused-ring (bicyclic) bond motifs is 1. The predicted octanol–water partition coefficient (Wildman–Crippen LogP) is 3.75. The summed E-state index contributed by atoms with van der Waals surface area (Å²) in [6, 6.07) is 14.2. The van der Waals surface area contributed by atoms with Crippen LogP contribution in [0.5, 0.6) is 5.75 Å². The standard InChI is InChI=1S/C24H28O7S/c1-16-5-11-19(12-6-16)32(25,26)14-13-20-21(22-23(29-20)31-24(2,3)30-22)28-15-17-7-9-18(27-4)10-8-17/h5-14,20-23H,15H2,1-4H3/b14-13+/t20-,21+,22-,23-/m1/s1. The molecule has 0 N–H and O–H groups in total. The third-order valence-corrected chi connectivity index (χ3v) is 6.87. The minimum Gasteiger partial charge on any atom is -0.497 e. The molecule has 7 nitrogen and oxygen atoms in total. The van der Waals surface area contributed by atoms with Gasteiger partial charge in [0.25, 0.3) is 0 Å². The summed E-state index contributed by atoms with van der Waals surface area (Å²) in [7, 11) is -2.01. The van der Waals surface area contributed by atoms with Crippen LogP contribution in [0.3, 0.4) is 0 Å². The molecule has 172 valence electrons. The molecule has 0 bridgehead atoms. The normalized spacial score (nSPS) is 27.0. The molecule has 2 aliphatic rings. The van der Waals surface area contributed by atoms with Crippen molar-refractivity contribution >= 4 is 9.84 Å². The minimum absolute atomic E-state index is 0.224. The van der Waals surface area contributed by atoms with Crippen molar-refractivity contribution in [3.63, 3.8) is 0 Å². The Bertz CT molecular complexity index is 1060. The molecule has 2 aromatic carbocycles. The first-order valence-corrected chi connectivity index (χ1v) is 12.0. The van der Waals surface area contributed by atoms with Crippen molar-refractivity contribution in [1.29, 1.82) is 0 Å². The van der Waals surface area contributed by atoms with E-state index in [4.69, 9.17) is 23.7 Å². The highest BCUT2D eigenvalue weighted by Gasteiger charge is 2.54. The Kier molecular flexibility index (Phi) is 6.42. The van der Waals surface area contributed by atoms with Crippen LogP contribution >= 0.6 is 0 Å². The van der Waals surface area contributed by atoms with Gasteiger partial charge in [0.15, 0.2) is 21.9 Å². The van der Waals surface area contributed by atoms with E-state index in [1.54, 1.807) is 31.4 Å². The highest BCUT2D eigenvalue weighted by Crippen LogP contribution is 2.39. The summed E-state index contributed by atoms with van der Waals surface area (Å²) in [5.41, 5.74) is 1.94. The lowest BCUT2D eigenvalue weighted by Crippen LogP contribution is -2.36. The maximum atomic E-state index is 12.7. The Morgan fingerprint density at radius 2 is 1.72 bits per heavy atom. The highest BCUT2D eigenvalue weighted by molar-refractivity contribution is 7.94. The molecule has 2 aromatic rings. The zero-order valence-corrected chi connectivity index (χ0v) is 19.4. The molecule has 0 radical (unpaired) electrons. The van der Waals surface area contributed by atoms with E-state index in [9.17, 15) is 8.42 Å². The van der Waals surface area contributed by atoms with Gasteiger partial charge < -0.3 is 23.7 Å². The zero-order chi connectivity index (χ0) is 22.9. The monoisotopic (exact) mass is 460 g/mol. The van der Waals surface area contributed by atoms with E-state index in [2.05, 4.69) is 0 Å². The number of ether oxygens (including phenoxy) is 5. The summed E-state index contributed by atoms with van der Waals surface area (Å²) in [5, 5.41) is 1.16. The molecule has 2 heterocycles. The van der Waals surface area contributed by atoms with Gasteiger partial charge in [-0.15, -0.1) is 0 Å². The molecule has 0 spiro atoms. The highest BCUT2D eigenvalue weighted by atomic mass is 32.2. The number of benzene rings is 2. The lowest BCUT2D eigenvalue weighted by atomic mass is 10.1. The summed E-state index contributed by atoms with van der Waals surface area (Å²) in [5.74, 6) is -0.0471. The lowest BCUT2D eigenvalue weighted by Gasteiger charge is -2.24. The molecule has 32 heavy (non-hydrogen) atoms. The van der Waals surface area contributed by atoms with Gasteiger partial charge in [-0.25, -0.2) is 8.42 Å². The maximum Gasteiger partial charge on any atom is 0.199 e. The summed E-state index contributed by atoms with van der Waals surface area (Å²) >= 11 is 0. The first-order chi connectivity index (χ1) is 15.2. The summed E-state index contributed by atoms with van der Waals surface area (Å²) in [4.78, 5) is 0.224. The zero-order valence-electron chi connectivity index (χ0n) is 18.6. The van der Waals surface area contributed by atoms with Gasteiger partial charge in [0.1, 0.15) is 24.1 Å². The van der Waals surface area contributed by atoms with Crippen molar-refractivity contribution in [2.45, 2.75) is 62.7 Å². The second-order valence-corrected chi connectivity index (χ2v) is 10.2. The Hall–Kier alpha value is -2.23. The smallest absolute Gasteiger partial charge is 0.199 e. The lowest BCUT2D eigenvalue weighted by molar-refractivity contribution is -0.213. The van der Waals surface area contributed by atoms with Gasteiger partial charge in [-0.3, -0.25) is 0 Å². The van der Waals surface area contributed by atoms with E-state index in [0.29, 0.717) is 6.61 Å². The summed E-state index contributed by atoms with van der Waals surface area (Å²) < 4.78 is 54.6. The molecule has 2 aliphatic heterocycles. The summed E-state index contributed by atoms with van der Waals surface area (Å²) in [6.07, 6.45) is -0.776. The maximum absolute atomic E-state index is 12.7.